The van der Waals surface area contributed by atoms with E-state index in [4.69, 9.17) is 14.5 Å². The van der Waals surface area contributed by atoms with E-state index in [-0.39, 0.29) is 18.2 Å². The number of imide groups is 1. The third kappa shape index (κ3) is 5.03. The monoisotopic (exact) mass is 512 g/mol. The van der Waals surface area contributed by atoms with Crippen LogP contribution in [0.1, 0.15) is 12.0 Å². The van der Waals surface area contributed by atoms with Crippen molar-refractivity contribution < 1.29 is 19.1 Å². The van der Waals surface area contributed by atoms with E-state index in [2.05, 4.69) is 10.2 Å². The van der Waals surface area contributed by atoms with E-state index in [1.807, 2.05) is 67.6 Å². The highest BCUT2D eigenvalue weighted by atomic mass is 32.2. The molecule has 8 nitrogen and oxygen atoms in total. The number of methoxy groups -OCH3 is 2. The van der Waals surface area contributed by atoms with Crippen molar-refractivity contribution in [1.82, 2.24) is 15.2 Å². The van der Waals surface area contributed by atoms with Crippen LogP contribution in [0.3, 0.4) is 0 Å². The molecule has 1 aliphatic heterocycles. The van der Waals surface area contributed by atoms with Gasteiger partial charge in [0.2, 0.25) is 17.0 Å². The maximum absolute atomic E-state index is 13.2. The zero-order chi connectivity index (χ0) is 25.9. The summed E-state index contributed by atoms with van der Waals surface area (Å²) in [5.41, 5.74) is 4.46. The third-order valence-electron chi connectivity index (χ3n) is 6.04. The van der Waals surface area contributed by atoms with Gasteiger partial charge in [-0.05, 0) is 67.6 Å². The van der Waals surface area contributed by atoms with Gasteiger partial charge in [0.1, 0.15) is 28.1 Å². The van der Waals surface area contributed by atoms with Crippen molar-refractivity contribution in [2.24, 2.45) is 0 Å². The second-order valence-electron chi connectivity index (χ2n) is 8.46. The van der Waals surface area contributed by atoms with Gasteiger partial charge in [0.25, 0.3) is 0 Å². The molecule has 3 aromatic carbocycles. The Hall–Kier alpha value is -4.24. The van der Waals surface area contributed by atoms with Gasteiger partial charge in [-0.15, -0.1) is 10.2 Å². The van der Waals surface area contributed by atoms with Gasteiger partial charge in [-0.1, -0.05) is 29.5 Å². The molecule has 0 bridgehead atoms. The Labute approximate surface area is 218 Å². The highest BCUT2D eigenvalue weighted by Crippen LogP contribution is 2.36. The molecule has 0 radical (unpaired) electrons. The molecule has 37 heavy (non-hydrogen) atoms. The summed E-state index contributed by atoms with van der Waals surface area (Å²) in [4.78, 5) is 31.9. The molecule has 0 spiro atoms. The molecule has 0 aliphatic carbocycles. The van der Waals surface area contributed by atoms with Crippen molar-refractivity contribution in [3.8, 4) is 34.0 Å². The maximum Gasteiger partial charge on any atom is 0.247 e. The molecule has 4 aromatic rings. The number of thioether (sulfide) groups is 1. The first-order valence-corrected chi connectivity index (χ1v) is 12.5. The van der Waals surface area contributed by atoms with Crippen molar-refractivity contribution in [1.29, 1.82) is 0 Å². The largest absolute Gasteiger partial charge is 0.497 e. The first-order valence-electron chi connectivity index (χ1n) is 11.6. The fourth-order valence-corrected chi connectivity index (χ4v) is 4.96. The molecule has 2 amide bonds. The van der Waals surface area contributed by atoms with Crippen LogP contribution in [-0.4, -0.2) is 46.5 Å². The first kappa shape index (κ1) is 24.5. The van der Waals surface area contributed by atoms with E-state index < -0.39 is 5.25 Å². The Bertz CT molecular complexity index is 1440. The molecule has 5 rings (SSSR count). The van der Waals surface area contributed by atoms with Crippen LogP contribution in [0.4, 0.5) is 5.69 Å². The average Bonchev–Trinajstić information content (AvgIpc) is 3.21. The molecule has 0 N–H and O–H groups in total. The number of aryl methyl sites for hydroxylation is 1. The summed E-state index contributed by atoms with van der Waals surface area (Å²) < 4.78 is 10.6. The van der Waals surface area contributed by atoms with Crippen molar-refractivity contribution >= 4 is 29.3 Å². The van der Waals surface area contributed by atoms with Gasteiger partial charge in [0, 0.05) is 17.5 Å². The standard InChI is InChI=1S/C28H24N4O4S/c1-17-4-10-20(11-5-17)32-24(33)16-23(27(32)34)37-28-29-25(18-6-12-21(35-2)13-7-18)26(30-31-28)19-8-14-22(36-3)15-9-19/h4-15,23H,16H2,1-3H3/t23-/m0/s1. The van der Waals surface area contributed by atoms with Crippen LogP contribution in [0.2, 0.25) is 0 Å². The Balaban J connectivity index is 1.47. The second-order valence-corrected chi connectivity index (χ2v) is 9.63. The normalized spacial score (nSPS) is 15.2. The summed E-state index contributed by atoms with van der Waals surface area (Å²) in [6.45, 7) is 1.95. The van der Waals surface area contributed by atoms with E-state index in [0.717, 1.165) is 40.0 Å². The minimum Gasteiger partial charge on any atom is -0.497 e. The minimum absolute atomic E-state index is 0.0683. The van der Waals surface area contributed by atoms with E-state index in [9.17, 15) is 9.59 Å². The van der Waals surface area contributed by atoms with E-state index >= 15 is 0 Å². The number of benzene rings is 3. The zero-order valence-electron chi connectivity index (χ0n) is 20.5. The summed E-state index contributed by atoms with van der Waals surface area (Å²) in [6, 6.07) is 22.3. The Morgan fingerprint density at radius 3 is 1.92 bits per heavy atom. The highest BCUT2D eigenvalue weighted by molar-refractivity contribution is 8.00. The van der Waals surface area contributed by atoms with E-state index in [1.165, 1.54) is 4.90 Å². The van der Waals surface area contributed by atoms with Crippen molar-refractivity contribution in [3.05, 3.63) is 78.4 Å². The van der Waals surface area contributed by atoms with Crippen molar-refractivity contribution in [2.75, 3.05) is 19.1 Å². The molecule has 9 heteroatoms. The van der Waals surface area contributed by atoms with Crippen LogP contribution >= 0.6 is 11.8 Å². The molecule has 186 valence electrons. The number of carbonyl (C=O) groups excluding carboxylic acids is 2. The molecule has 1 aromatic heterocycles. The van der Waals surface area contributed by atoms with Gasteiger partial charge in [-0.3, -0.25) is 9.59 Å². The van der Waals surface area contributed by atoms with Crippen LogP contribution in [0, 0.1) is 6.92 Å². The lowest BCUT2D eigenvalue weighted by Gasteiger charge is -2.15. The molecule has 1 atom stereocenters. The van der Waals surface area contributed by atoms with E-state index in [1.54, 1.807) is 26.4 Å². The number of aromatic nitrogens is 3. The van der Waals surface area contributed by atoms with Gasteiger partial charge >= 0.3 is 0 Å². The number of carbonyl (C=O) groups is 2. The molecule has 0 saturated carbocycles. The number of amides is 2. The van der Waals surface area contributed by atoms with Gasteiger partial charge in [-0.2, -0.15) is 0 Å². The molecule has 1 fully saturated rings. The predicted molar refractivity (Wildman–Crippen MR) is 142 cm³/mol. The first-order chi connectivity index (χ1) is 18.0. The van der Waals surface area contributed by atoms with Crippen LogP contribution in [-0.2, 0) is 9.59 Å². The van der Waals surface area contributed by atoms with Crippen LogP contribution in [0.5, 0.6) is 11.5 Å². The highest BCUT2D eigenvalue weighted by Gasteiger charge is 2.40. The number of hydrogen-bond acceptors (Lipinski definition) is 8. The number of nitrogens with zero attached hydrogens (tertiary/aromatic N) is 4. The van der Waals surface area contributed by atoms with Crippen molar-refractivity contribution in [3.63, 3.8) is 0 Å². The molecule has 1 saturated heterocycles. The third-order valence-corrected chi connectivity index (χ3v) is 7.08. The van der Waals surface area contributed by atoms with E-state index in [0.29, 0.717) is 22.2 Å². The van der Waals surface area contributed by atoms with Crippen LogP contribution in [0.25, 0.3) is 22.5 Å². The fraction of sp³-hybridized carbons (Fsp3) is 0.179. The topological polar surface area (TPSA) is 94.5 Å². The summed E-state index contributed by atoms with van der Waals surface area (Å²) in [5, 5.41) is 8.48. The Morgan fingerprint density at radius 1 is 0.784 bits per heavy atom. The Morgan fingerprint density at radius 2 is 1.35 bits per heavy atom. The van der Waals surface area contributed by atoms with Gasteiger partial charge in [0.05, 0.1) is 19.9 Å². The Kier molecular flexibility index (Phi) is 6.87. The SMILES string of the molecule is COc1ccc(-c2nnc(S[C@H]3CC(=O)N(c4ccc(C)cc4)C3=O)nc2-c2ccc(OC)cc2)cc1. The second kappa shape index (κ2) is 10.4. The molecule has 0 unspecified atom stereocenters. The number of hydrogen-bond donors (Lipinski definition) is 0. The van der Waals surface area contributed by atoms with Crippen LogP contribution < -0.4 is 14.4 Å². The lowest BCUT2D eigenvalue weighted by atomic mass is 10.0. The lowest BCUT2D eigenvalue weighted by Crippen LogP contribution is -2.31. The molecular weight excluding hydrogens is 488 g/mol. The van der Waals surface area contributed by atoms with Gasteiger partial charge in [0.15, 0.2) is 0 Å². The maximum atomic E-state index is 13.2. The van der Waals surface area contributed by atoms with Gasteiger partial charge < -0.3 is 9.47 Å². The number of ether oxygens (including phenoxy) is 2. The summed E-state index contributed by atoms with van der Waals surface area (Å²) in [7, 11) is 3.22. The molecule has 1 aliphatic rings. The van der Waals surface area contributed by atoms with Crippen molar-refractivity contribution in [2.45, 2.75) is 23.8 Å². The number of anilines is 1. The average molecular weight is 513 g/mol. The lowest BCUT2D eigenvalue weighted by molar-refractivity contribution is -0.121. The predicted octanol–water partition coefficient (Wildman–Crippen LogP) is 4.96. The number of rotatable bonds is 7. The minimum atomic E-state index is -0.633. The zero-order valence-corrected chi connectivity index (χ0v) is 21.4. The molecule has 2 heterocycles. The van der Waals surface area contributed by atoms with Crippen LogP contribution in [0.15, 0.2) is 78.0 Å². The summed E-state index contributed by atoms with van der Waals surface area (Å²) >= 11 is 1.15. The summed E-state index contributed by atoms with van der Waals surface area (Å²) in [6.07, 6.45) is 0.0683. The summed E-state index contributed by atoms with van der Waals surface area (Å²) in [5.74, 6) is 0.917. The molecular formula is C28H24N4O4S. The smallest absolute Gasteiger partial charge is 0.247 e. The van der Waals surface area contributed by atoms with Gasteiger partial charge in [-0.25, -0.2) is 9.88 Å². The fourth-order valence-electron chi connectivity index (χ4n) is 4.04. The quantitative estimate of drug-likeness (QED) is 0.321.